The van der Waals surface area contributed by atoms with Crippen LogP contribution in [0.15, 0.2) is 77.3 Å². The first-order valence-electron chi connectivity index (χ1n) is 7.46. The molecule has 0 bridgehead atoms. The number of nitro groups is 1. The first kappa shape index (κ1) is 16.2. The van der Waals surface area contributed by atoms with Gasteiger partial charge in [0.2, 0.25) is 0 Å². The molecule has 24 heavy (non-hydrogen) atoms. The molecular formula is C19H15BrN2O2. The zero-order valence-corrected chi connectivity index (χ0v) is 14.4. The second-order valence-corrected chi connectivity index (χ2v) is 6.27. The van der Waals surface area contributed by atoms with Gasteiger partial charge in [-0.3, -0.25) is 10.1 Å². The van der Waals surface area contributed by atoms with Gasteiger partial charge in [-0.1, -0.05) is 58.4 Å². The third kappa shape index (κ3) is 3.81. The number of anilines is 2. The average molecular weight is 383 g/mol. The van der Waals surface area contributed by atoms with Crippen LogP contribution in [0.3, 0.4) is 0 Å². The molecule has 0 fully saturated rings. The Balaban J connectivity index is 1.96. The van der Waals surface area contributed by atoms with Gasteiger partial charge in [-0.2, -0.15) is 0 Å². The Hall–Kier alpha value is -2.66. The molecule has 0 radical (unpaired) electrons. The molecule has 3 aromatic carbocycles. The predicted octanol–water partition coefficient (Wildman–Crippen LogP) is 5.69. The molecule has 3 aromatic rings. The van der Waals surface area contributed by atoms with E-state index in [1.807, 2.05) is 54.6 Å². The third-order valence-corrected chi connectivity index (χ3v) is 4.19. The lowest BCUT2D eigenvalue weighted by Gasteiger charge is -2.13. The molecule has 0 aliphatic carbocycles. The Morgan fingerprint density at radius 2 is 1.62 bits per heavy atom. The minimum Gasteiger partial charge on any atom is -0.355 e. The summed E-state index contributed by atoms with van der Waals surface area (Å²) < 4.78 is 0.951. The number of hydrogen-bond acceptors (Lipinski definition) is 3. The van der Waals surface area contributed by atoms with Gasteiger partial charge < -0.3 is 5.32 Å². The molecule has 0 amide bonds. The topological polar surface area (TPSA) is 55.2 Å². The lowest BCUT2D eigenvalue weighted by molar-refractivity contribution is -0.385. The van der Waals surface area contributed by atoms with E-state index in [1.165, 1.54) is 0 Å². The lowest BCUT2D eigenvalue weighted by atomic mass is 10.0. The monoisotopic (exact) mass is 382 g/mol. The third-order valence-electron chi connectivity index (χ3n) is 3.69. The van der Waals surface area contributed by atoms with E-state index in [1.54, 1.807) is 18.2 Å². The fraction of sp³-hybridized carbons (Fsp3) is 0.0526. The van der Waals surface area contributed by atoms with Gasteiger partial charge in [0, 0.05) is 33.9 Å². The molecule has 1 N–H and O–H groups in total. The molecule has 0 spiro atoms. The van der Waals surface area contributed by atoms with Crippen molar-refractivity contribution in [1.29, 1.82) is 0 Å². The SMILES string of the molecule is O=[N+]([O-])c1ccccc1Cc1ccc(Br)cc1Nc1ccccc1. The van der Waals surface area contributed by atoms with Gasteiger partial charge in [-0.15, -0.1) is 0 Å². The highest BCUT2D eigenvalue weighted by Gasteiger charge is 2.14. The van der Waals surface area contributed by atoms with Gasteiger partial charge in [0.15, 0.2) is 0 Å². The standard InChI is InChI=1S/C19H15BrN2O2/c20-16-11-10-14(12-15-6-4-5-9-19(15)22(23)24)18(13-16)21-17-7-2-1-3-8-17/h1-11,13,21H,12H2. The molecule has 0 saturated carbocycles. The van der Waals surface area contributed by atoms with Crippen molar-refractivity contribution in [3.05, 3.63) is 98.5 Å². The number of halogens is 1. The van der Waals surface area contributed by atoms with Crippen LogP contribution in [0.5, 0.6) is 0 Å². The minimum absolute atomic E-state index is 0.145. The van der Waals surface area contributed by atoms with Crippen LogP contribution in [-0.4, -0.2) is 4.92 Å². The first-order valence-corrected chi connectivity index (χ1v) is 8.25. The van der Waals surface area contributed by atoms with E-state index in [4.69, 9.17) is 0 Å². The van der Waals surface area contributed by atoms with Crippen molar-refractivity contribution in [3.63, 3.8) is 0 Å². The van der Waals surface area contributed by atoms with E-state index in [0.717, 1.165) is 21.4 Å². The summed E-state index contributed by atoms with van der Waals surface area (Å²) in [6.07, 6.45) is 0.486. The van der Waals surface area contributed by atoms with E-state index < -0.39 is 0 Å². The predicted molar refractivity (Wildman–Crippen MR) is 99.8 cm³/mol. The molecule has 0 aliphatic rings. The molecule has 0 saturated heterocycles. The highest BCUT2D eigenvalue weighted by atomic mass is 79.9. The molecule has 0 aromatic heterocycles. The quantitative estimate of drug-likeness (QED) is 0.455. The highest BCUT2D eigenvalue weighted by Crippen LogP contribution is 2.29. The molecule has 0 atom stereocenters. The van der Waals surface area contributed by atoms with Crippen molar-refractivity contribution in [2.45, 2.75) is 6.42 Å². The summed E-state index contributed by atoms with van der Waals surface area (Å²) in [6.45, 7) is 0. The van der Waals surface area contributed by atoms with Crippen LogP contribution in [0.4, 0.5) is 17.1 Å². The number of nitrogens with zero attached hydrogens (tertiary/aromatic N) is 1. The van der Waals surface area contributed by atoms with E-state index in [0.29, 0.717) is 12.0 Å². The van der Waals surface area contributed by atoms with Gasteiger partial charge >= 0.3 is 0 Å². The number of nitro benzene ring substituents is 1. The maximum Gasteiger partial charge on any atom is 0.272 e. The fourth-order valence-electron chi connectivity index (χ4n) is 2.54. The Labute approximate surface area is 148 Å². The normalized spacial score (nSPS) is 10.4. The number of benzene rings is 3. The van der Waals surface area contributed by atoms with Crippen molar-refractivity contribution in [3.8, 4) is 0 Å². The van der Waals surface area contributed by atoms with Crippen LogP contribution >= 0.6 is 15.9 Å². The molecule has 3 rings (SSSR count). The zero-order valence-electron chi connectivity index (χ0n) is 12.8. The summed E-state index contributed by atoms with van der Waals surface area (Å²) in [5.41, 5.74) is 3.73. The van der Waals surface area contributed by atoms with Crippen molar-refractivity contribution in [1.82, 2.24) is 0 Å². The summed E-state index contributed by atoms with van der Waals surface area (Å²) in [7, 11) is 0. The van der Waals surface area contributed by atoms with Crippen LogP contribution in [0, 0.1) is 10.1 Å². The Morgan fingerprint density at radius 1 is 0.917 bits per heavy atom. The lowest BCUT2D eigenvalue weighted by Crippen LogP contribution is -2.00. The molecular weight excluding hydrogens is 368 g/mol. The second kappa shape index (κ2) is 7.27. The minimum atomic E-state index is -0.335. The van der Waals surface area contributed by atoms with Gasteiger partial charge in [0.1, 0.15) is 0 Å². The number of para-hydroxylation sites is 2. The van der Waals surface area contributed by atoms with Crippen molar-refractivity contribution < 1.29 is 4.92 Å². The van der Waals surface area contributed by atoms with Gasteiger partial charge in [0.05, 0.1) is 4.92 Å². The van der Waals surface area contributed by atoms with E-state index in [2.05, 4.69) is 21.2 Å². The van der Waals surface area contributed by atoms with Crippen LogP contribution in [-0.2, 0) is 6.42 Å². The summed E-state index contributed by atoms with van der Waals surface area (Å²) in [4.78, 5) is 10.9. The van der Waals surface area contributed by atoms with Crippen LogP contribution in [0.2, 0.25) is 0 Å². The molecule has 0 unspecified atom stereocenters. The summed E-state index contributed by atoms with van der Waals surface area (Å²) in [6, 6.07) is 22.6. The molecule has 120 valence electrons. The fourth-order valence-corrected chi connectivity index (χ4v) is 2.90. The first-order chi connectivity index (χ1) is 11.6. The van der Waals surface area contributed by atoms with Crippen LogP contribution < -0.4 is 5.32 Å². The van der Waals surface area contributed by atoms with Crippen molar-refractivity contribution in [2.24, 2.45) is 0 Å². The zero-order chi connectivity index (χ0) is 16.9. The van der Waals surface area contributed by atoms with Crippen LogP contribution in [0.25, 0.3) is 0 Å². The Kier molecular flexibility index (Phi) is 4.91. The maximum atomic E-state index is 11.2. The molecule has 5 heteroatoms. The summed E-state index contributed by atoms with van der Waals surface area (Å²) >= 11 is 3.48. The smallest absolute Gasteiger partial charge is 0.272 e. The summed E-state index contributed by atoms with van der Waals surface area (Å²) in [5, 5.41) is 14.6. The van der Waals surface area contributed by atoms with Gasteiger partial charge in [-0.25, -0.2) is 0 Å². The van der Waals surface area contributed by atoms with E-state index in [9.17, 15) is 10.1 Å². The van der Waals surface area contributed by atoms with Crippen molar-refractivity contribution >= 4 is 33.0 Å². The summed E-state index contributed by atoms with van der Waals surface area (Å²) in [5.74, 6) is 0. The number of hydrogen-bond donors (Lipinski definition) is 1. The molecule has 0 heterocycles. The second-order valence-electron chi connectivity index (χ2n) is 5.36. The maximum absolute atomic E-state index is 11.2. The Morgan fingerprint density at radius 3 is 2.38 bits per heavy atom. The van der Waals surface area contributed by atoms with E-state index in [-0.39, 0.29) is 10.6 Å². The number of nitrogens with one attached hydrogen (secondary N) is 1. The highest BCUT2D eigenvalue weighted by molar-refractivity contribution is 9.10. The molecule has 4 nitrogen and oxygen atoms in total. The molecule has 0 aliphatic heterocycles. The largest absolute Gasteiger partial charge is 0.355 e. The van der Waals surface area contributed by atoms with Crippen LogP contribution in [0.1, 0.15) is 11.1 Å². The van der Waals surface area contributed by atoms with Gasteiger partial charge in [0.25, 0.3) is 5.69 Å². The number of rotatable bonds is 5. The van der Waals surface area contributed by atoms with Gasteiger partial charge in [-0.05, 0) is 29.8 Å². The average Bonchev–Trinajstić information content (AvgIpc) is 2.58. The Bertz CT molecular complexity index is 866. The van der Waals surface area contributed by atoms with E-state index >= 15 is 0 Å². The van der Waals surface area contributed by atoms with Crippen molar-refractivity contribution in [2.75, 3.05) is 5.32 Å².